The fourth-order valence-electron chi connectivity index (χ4n) is 2.94. The zero-order chi connectivity index (χ0) is 20.4. The standard InChI is InChI=1S/C22H28N4O2/c1-5-11-22(6-2,7-3)26-19-10-9-18(21(27)28-8-4)12-20(19)25-15-17-13-23-16-24-14-17/h5,9-10,12-16,26H,1,6-8,11H2,2-4H3/b25-15-. The number of rotatable bonds is 10. The van der Waals surface area contributed by atoms with Gasteiger partial charge in [-0.15, -0.1) is 6.58 Å². The quantitative estimate of drug-likeness (QED) is 0.358. The fraction of sp³-hybridized carbons (Fsp3) is 0.364. The van der Waals surface area contributed by atoms with Crippen LogP contribution in [0.15, 0.2) is 54.6 Å². The van der Waals surface area contributed by atoms with E-state index in [0.29, 0.717) is 17.9 Å². The molecule has 0 bridgehead atoms. The molecule has 1 N–H and O–H groups in total. The lowest BCUT2D eigenvalue weighted by Gasteiger charge is -2.33. The number of aromatic nitrogens is 2. The molecule has 6 heteroatoms. The van der Waals surface area contributed by atoms with Gasteiger partial charge in [-0.1, -0.05) is 19.9 Å². The number of aliphatic imine (C=N–C) groups is 1. The van der Waals surface area contributed by atoms with Crippen LogP contribution in [0, 0.1) is 0 Å². The number of carbonyl (C=O) groups excluding carboxylic acids is 1. The second kappa shape index (κ2) is 10.3. The Labute approximate surface area is 166 Å². The van der Waals surface area contributed by atoms with Gasteiger partial charge in [0, 0.05) is 29.7 Å². The van der Waals surface area contributed by atoms with Gasteiger partial charge in [-0.05, 0) is 44.4 Å². The first-order valence-electron chi connectivity index (χ1n) is 9.56. The van der Waals surface area contributed by atoms with Crippen LogP contribution in [-0.4, -0.2) is 34.3 Å². The first kappa shape index (κ1) is 21.3. The highest BCUT2D eigenvalue weighted by Gasteiger charge is 2.25. The summed E-state index contributed by atoms with van der Waals surface area (Å²) in [5.41, 5.74) is 2.63. The van der Waals surface area contributed by atoms with E-state index in [1.165, 1.54) is 6.33 Å². The molecule has 0 saturated carbocycles. The highest BCUT2D eigenvalue weighted by Crippen LogP contribution is 2.33. The van der Waals surface area contributed by atoms with Gasteiger partial charge in [0.05, 0.1) is 23.5 Å². The predicted molar refractivity (Wildman–Crippen MR) is 113 cm³/mol. The van der Waals surface area contributed by atoms with Crippen molar-refractivity contribution in [3.63, 3.8) is 0 Å². The molecule has 1 aromatic carbocycles. The van der Waals surface area contributed by atoms with Gasteiger partial charge < -0.3 is 10.1 Å². The van der Waals surface area contributed by atoms with Crippen LogP contribution in [0.3, 0.4) is 0 Å². The highest BCUT2D eigenvalue weighted by molar-refractivity contribution is 5.93. The Morgan fingerprint density at radius 3 is 2.57 bits per heavy atom. The third kappa shape index (κ3) is 5.49. The Hall–Kier alpha value is -3.02. The average Bonchev–Trinajstić information content (AvgIpc) is 2.73. The van der Waals surface area contributed by atoms with Crippen LogP contribution in [0.4, 0.5) is 11.4 Å². The van der Waals surface area contributed by atoms with E-state index in [1.807, 2.05) is 12.1 Å². The number of esters is 1. The first-order valence-corrected chi connectivity index (χ1v) is 9.56. The monoisotopic (exact) mass is 380 g/mol. The number of nitrogens with zero attached hydrogens (tertiary/aromatic N) is 3. The molecule has 0 fully saturated rings. The van der Waals surface area contributed by atoms with E-state index < -0.39 is 0 Å². The van der Waals surface area contributed by atoms with Gasteiger partial charge in [0.1, 0.15) is 6.33 Å². The van der Waals surface area contributed by atoms with Crippen molar-refractivity contribution in [1.82, 2.24) is 9.97 Å². The second-order valence-electron chi connectivity index (χ2n) is 6.49. The third-order valence-electron chi connectivity index (χ3n) is 4.73. The zero-order valence-corrected chi connectivity index (χ0v) is 16.8. The van der Waals surface area contributed by atoms with Crippen LogP contribution >= 0.6 is 0 Å². The summed E-state index contributed by atoms with van der Waals surface area (Å²) in [5.74, 6) is -0.364. The molecule has 0 spiro atoms. The molecule has 0 saturated heterocycles. The molecular formula is C22H28N4O2. The lowest BCUT2D eigenvalue weighted by Crippen LogP contribution is -2.36. The van der Waals surface area contributed by atoms with Crippen molar-refractivity contribution in [3.8, 4) is 0 Å². The van der Waals surface area contributed by atoms with Gasteiger partial charge in [0.15, 0.2) is 0 Å². The maximum Gasteiger partial charge on any atom is 0.338 e. The number of benzene rings is 1. The normalized spacial score (nSPS) is 11.4. The van der Waals surface area contributed by atoms with Gasteiger partial charge in [-0.3, -0.25) is 4.99 Å². The topological polar surface area (TPSA) is 76.5 Å². The van der Waals surface area contributed by atoms with Gasteiger partial charge >= 0.3 is 5.97 Å². The number of anilines is 1. The molecule has 148 valence electrons. The Balaban J connectivity index is 2.44. The summed E-state index contributed by atoms with van der Waals surface area (Å²) in [6.45, 7) is 10.3. The van der Waals surface area contributed by atoms with E-state index in [0.717, 1.165) is 30.5 Å². The second-order valence-corrected chi connectivity index (χ2v) is 6.49. The number of hydrogen-bond donors (Lipinski definition) is 1. The summed E-state index contributed by atoms with van der Waals surface area (Å²) >= 11 is 0. The van der Waals surface area contributed by atoms with Crippen LogP contribution in [0.1, 0.15) is 56.0 Å². The van der Waals surface area contributed by atoms with Crippen LogP contribution in [0.5, 0.6) is 0 Å². The largest absolute Gasteiger partial charge is 0.462 e. The summed E-state index contributed by atoms with van der Waals surface area (Å²) < 4.78 is 5.12. The molecule has 0 radical (unpaired) electrons. The van der Waals surface area contributed by atoms with Gasteiger partial charge in [-0.25, -0.2) is 14.8 Å². The molecule has 0 amide bonds. The lowest BCUT2D eigenvalue weighted by atomic mass is 9.88. The number of carbonyl (C=O) groups is 1. The van der Waals surface area contributed by atoms with E-state index in [4.69, 9.17) is 4.74 Å². The average molecular weight is 380 g/mol. The zero-order valence-electron chi connectivity index (χ0n) is 16.8. The Morgan fingerprint density at radius 2 is 1.96 bits per heavy atom. The van der Waals surface area contributed by atoms with Crippen molar-refractivity contribution in [3.05, 3.63) is 60.7 Å². The summed E-state index contributed by atoms with van der Waals surface area (Å²) in [4.78, 5) is 24.7. The molecule has 1 heterocycles. The van der Waals surface area contributed by atoms with Crippen LogP contribution < -0.4 is 5.32 Å². The van der Waals surface area contributed by atoms with Crippen LogP contribution in [0.25, 0.3) is 0 Å². The fourth-order valence-corrected chi connectivity index (χ4v) is 2.94. The van der Waals surface area contributed by atoms with E-state index in [2.05, 4.69) is 40.7 Å². The minimum Gasteiger partial charge on any atom is -0.462 e. The van der Waals surface area contributed by atoms with Crippen LogP contribution in [-0.2, 0) is 4.74 Å². The Bertz CT molecular complexity index is 815. The minimum atomic E-state index is -0.364. The van der Waals surface area contributed by atoms with Gasteiger partial charge in [0.25, 0.3) is 0 Å². The van der Waals surface area contributed by atoms with E-state index >= 15 is 0 Å². The predicted octanol–water partition coefficient (Wildman–Crippen LogP) is 4.95. The molecule has 1 aromatic heterocycles. The molecule has 6 nitrogen and oxygen atoms in total. The highest BCUT2D eigenvalue weighted by atomic mass is 16.5. The summed E-state index contributed by atoms with van der Waals surface area (Å²) in [6, 6.07) is 5.38. The van der Waals surface area contributed by atoms with E-state index in [-0.39, 0.29) is 11.5 Å². The maximum absolute atomic E-state index is 12.2. The molecule has 2 aromatic rings. The first-order chi connectivity index (χ1) is 13.6. The smallest absolute Gasteiger partial charge is 0.338 e. The molecule has 0 aliphatic heterocycles. The Kier molecular flexibility index (Phi) is 7.87. The molecule has 0 atom stereocenters. The Morgan fingerprint density at radius 1 is 1.25 bits per heavy atom. The van der Waals surface area contributed by atoms with Crippen molar-refractivity contribution < 1.29 is 9.53 Å². The summed E-state index contributed by atoms with van der Waals surface area (Å²) in [7, 11) is 0. The van der Waals surface area contributed by atoms with Crippen molar-refractivity contribution in [2.45, 2.75) is 45.6 Å². The van der Waals surface area contributed by atoms with Crippen molar-refractivity contribution in [2.75, 3.05) is 11.9 Å². The summed E-state index contributed by atoms with van der Waals surface area (Å²) in [6.07, 6.45) is 11.1. The van der Waals surface area contributed by atoms with Crippen molar-refractivity contribution in [1.29, 1.82) is 0 Å². The van der Waals surface area contributed by atoms with Gasteiger partial charge in [-0.2, -0.15) is 0 Å². The maximum atomic E-state index is 12.2. The van der Waals surface area contributed by atoms with E-state index in [1.54, 1.807) is 37.7 Å². The number of ether oxygens (including phenoxy) is 1. The molecule has 2 rings (SSSR count). The lowest BCUT2D eigenvalue weighted by molar-refractivity contribution is 0.0526. The molecule has 0 aliphatic rings. The summed E-state index contributed by atoms with van der Waals surface area (Å²) in [5, 5.41) is 3.63. The minimum absolute atomic E-state index is 0.118. The van der Waals surface area contributed by atoms with Crippen molar-refractivity contribution >= 4 is 23.6 Å². The third-order valence-corrected chi connectivity index (χ3v) is 4.73. The molecular weight excluding hydrogens is 352 g/mol. The van der Waals surface area contributed by atoms with E-state index in [9.17, 15) is 4.79 Å². The molecule has 28 heavy (non-hydrogen) atoms. The van der Waals surface area contributed by atoms with Crippen molar-refractivity contribution in [2.24, 2.45) is 4.99 Å². The van der Waals surface area contributed by atoms with Gasteiger partial charge in [0.2, 0.25) is 0 Å². The molecule has 0 aliphatic carbocycles. The number of nitrogens with one attached hydrogen (secondary N) is 1. The number of hydrogen-bond acceptors (Lipinski definition) is 6. The SMILES string of the molecule is C=CCC(CC)(CC)Nc1ccc(C(=O)OCC)cc1/N=C\c1cncnc1. The molecule has 0 unspecified atom stereocenters. The van der Waals surface area contributed by atoms with Crippen LogP contribution in [0.2, 0.25) is 0 Å².